The van der Waals surface area contributed by atoms with Crippen molar-refractivity contribution in [3.05, 3.63) is 40.2 Å². The molecule has 0 unspecified atom stereocenters. The van der Waals surface area contributed by atoms with Crippen LogP contribution >= 0.6 is 0 Å². The van der Waals surface area contributed by atoms with E-state index in [0.717, 1.165) is 58.2 Å². The summed E-state index contributed by atoms with van der Waals surface area (Å²) in [5.74, 6) is 0.294. The quantitative estimate of drug-likeness (QED) is 0.544. The second kappa shape index (κ2) is 11.4. The molecule has 2 aromatic rings. The van der Waals surface area contributed by atoms with Gasteiger partial charge in [-0.05, 0) is 69.3 Å². The predicted octanol–water partition coefficient (Wildman–Crippen LogP) is 3.34. The van der Waals surface area contributed by atoms with Gasteiger partial charge in [0.05, 0.1) is 10.4 Å². The highest BCUT2D eigenvalue weighted by molar-refractivity contribution is 7.89. The molecule has 1 saturated heterocycles. The van der Waals surface area contributed by atoms with Crippen LogP contribution < -0.4 is 10.7 Å². The molecule has 1 saturated carbocycles. The first-order valence-corrected chi connectivity index (χ1v) is 14.7. The van der Waals surface area contributed by atoms with Gasteiger partial charge in [-0.1, -0.05) is 26.2 Å². The number of piperidine rings is 1. The van der Waals surface area contributed by atoms with Crippen molar-refractivity contribution in [3.63, 3.8) is 0 Å². The summed E-state index contributed by atoms with van der Waals surface area (Å²) in [6, 6.07) is 4.62. The number of amides is 1. The van der Waals surface area contributed by atoms with Gasteiger partial charge in [-0.15, -0.1) is 0 Å². The van der Waals surface area contributed by atoms with Crippen molar-refractivity contribution in [2.45, 2.75) is 69.2 Å². The zero-order valence-corrected chi connectivity index (χ0v) is 22.6. The van der Waals surface area contributed by atoms with Crippen molar-refractivity contribution < 1.29 is 13.2 Å². The zero-order valence-electron chi connectivity index (χ0n) is 21.8. The van der Waals surface area contributed by atoms with Gasteiger partial charge in [0.2, 0.25) is 15.5 Å². The molecule has 198 valence electrons. The largest absolute Gasteiger partial charge is 0.352 e. The molecule has 36 heavy (non-hydrogen) atoms. The van der Waals surface area contributed by atoms with Crippen LogP contribution in [0.5, 0.6) is 0 Å². The van der Waals surface area contributed by atoms with Gasteiger partial charge in [-0.25, -0.2) is 8.42 Å². The summed E-state index contributed by atoms with van der Waals surface area (Å²) < 4.78 is 29.9. The van der Waals surface area contributed by atoms with Crippen LogP contribution in [0.3, 0.4) is 0 Å². The van der Waals surface area contributed by atoms with Crippen LogP contribution in [0.15, 0.2) is 34.1 Å². The second-order valence-electron chi connectivity index (χ2n) is 10.6. The van der Waals surface area contributed by atoms with Gasteiger partial charge >= 0.3 is 0 Å². The van der Waals surface area contributed by atoms with Gasteiger partial charge in [0, 0.05) is 44.8 Å². The number of pyridine rings is 1. The maximum atomic E-state index is 13.3. The molecule has 1 aromatic heterocycles. The van der Waals surface area contributed by atoms with Crippen molar-refractivity contribution in [1.82, 2.24) is 19.1 Å². The molecular weight excluding hydrogens is 476 g/mol. The van der Waals surface area contributed by atoms with E-state index in [1.807, 2.05) is 0 Å². The normalized spacial score (nSPS) is 20.2. The Balaban J connectivity index is 1.50. The van der Waals surface area contributed by atoms with E-state index < -0.39 is 21.4 Å². The summed E-state index contributed by atoms with van der Waals surface area (Å²) in [6.07, 6.45) is 9.75. The van der Waals surface area contributed by atoms with E-state index in [2.05, 4.69) is 17.1 Å². The Hall–Kier alpha value is -2.23. The third-order valence-electron chi connectivity index (χ3n) is 7.85. The van der Waals surface area contributed by atoms with Gasteiger partial charge in [0.1, 0.15) is 5.56 Å². The van der Waals surface area contributed by atoms with E-state index in [9.17, 15) is 18.0 Å². The number of hydrogen-bond acceptors (Lipinski definition) is 5. The highest BCUT2D eigenvalue weighted by Crippen LogP contribution is 2.27. The lowest BCUT2D eigenvalue weighted by Gasteiger charge is -2.30. The maximum absolute atomic E-state index is 13.3. The maximum Gasteiger partial charge on any atom is 0.256 e. The molecule has 1 N–H and O–H groups in total. The van der Waals surface area contributed by atoms with Crippen LogP contribution in [0.2, 0.25) is 0 Å². The van der Waals surface area contributed by atoms with Crippen molar-refractivity contribution in [1.29, 1.82) is 0 Å². The minimum absolute atomic E-state index is 0.0208. The molecule has 2 aliphatic rings. The monoisotopic (exact) mass is 516 g/mol. The first-order valence-electron chi connectivity index (χ1n) is 13.3. The standard InChI is InChI=1S/C27H40N4O4S/c1-20-9-7-15-31(18-20)16-8-14-28-27(33)24-19-29(2)25-13-12-22(17-23(25)26(24)32)36(34,35)30(3)21-10-5-4-6-11-21/h12-13,17,19-21H,4-11,14-16,18H2,1-3H3,(H,28,33)/t20-/m1/s1. The number of carbonyl (C=O) groups is 1. The van der Waals surface area contributed by atoms with E-state index in [0.29, 0.717) is 18.0 Å². The summed E-state index contributed by atoms with van der Waals surface area (Å²) in [6.45, 7) is 5.89. The molecular formula is C27H40N4O4S. The summed E-state index contributed by atoms with van der Waals surface area (Å²) in [5, 5.41) is 3.12. The van der Waals surface area contributed by atoms with Crippen molar-refractivity contribution >= 4 is 26.8 Å². The first kappa shape index (κ1) is 26.8. The van der Waals surface area contributed by atoms with E-state index in [-0.39, 0.29) is 21.9 Å². The fraction of sp³-hybridized carbons (Fsp3) is 0.630. The molecule has 0 bridgehead atoms. The Morgan fingerprint density at radius 1 is 1.14 bits per heavy atom. The minimum atomic E-state index is -3.75. The molecule has 1 amide bonds. The predicted molar refractivity (Wildman–Crippen MR) is 143 cm³/mol. The van der Waals surface area contributed by atoms with Crippen LogP contribution in [0.25, 0.3) is 10.9 Å². The molecule has 4 rings (SSSR count). The van der Waals surface area contributed by atoms with Gasteiger partial charge in [0.25, 0.3) is 5.91 Å². The molecule has 8 nitrogen and oxygen atoms in total. The fourth-order valence-electron chi connectivity index (χ4n) is 5.69. The third kappa shape index (κ3) is 5.84. The van der Waals surface area contributed by atoms with Crippen molar-refractivity contribution in [3.8, 4) is 0 Å². The van der Waals surface area contributed by atoms with Gasteiger partial charge in [-0.2, -0.15) is 4.31 Å². The van der Waals surface area contributed by atoms with Crippen LogP contribution in [-0.2, 0) is 17.1 Å². The number of carbonyl (C=O) groups excluding carboxylic acids is 1. The summed E-state index contributed by atoms with van der Waals surface area (Å²) >= 11 is 0. The highest BCUT2D eigenvalue weighted by atomic mass is 32.2. The summed E-state index contributed by atoms with van der Waals surface area (Å²) in [5.41, 5.74) is 0.185. The molecule has 0 spiro atoms. The molecule has 2 heterocycles. The number of benzene rings is 1. The minimum Gasteiger partial charge on any atom is -0.352 e. The van der Waals surface area contributed by atoms with E-state index in [4.69, 9.17) is 0 Å². The van der Waals surface area contributed by atoms with Crippen molar-refractivity contribution in [2.75, 3.05) is 33.2 Å². The van der Waals surface area contributed by atoms with Crippen LogP contribution in [0.1, 0.15) is 68.6 Å². The van der Waals surface area contributed by atoms with Crippen molar-refractivity contribution in [2.24, 2.45) is 13.0 Å². The number of likely N-dealkylation sites (tertiary alicyclic amines) is 1. The van der Waals surface area contributed by atoms with Crippen LogP contribution in [0.4, 0.5) is 0 Å². The Bertz CT molecular complexity index is 1250. The van der Waals surface area contributed by atoms with Gasteiger partial charge in [0.15, 0.2) is 0 Å². The first-order chi connectivity index (χ1) is 17.2. The number of aromatic nitrogens is 1. The fourth-order valence-corrected chi connectivity index (χ4v) is 7.13. The topological polar surface area (TPSA) is 91.7 Å². The van der Waals surface area contributed by atoms with E-state index in [1.54, 1.807) is 30.8 Å². The number of nitrogens with one attached hydrogen (secondary N) is 1. The number of rotatable bonds is 8. The average Bonchev–Trinajstić information content (AvgIpc) is 2.88. The van der Waals surface area contributed by atoms with E-state index in [1.165, 1.54) is 29.4 Å². The van der Waals surface area contributed by atoms with E-state index >= 15 is 0 Å². The molecule has 1 aliphatic carbocycles. The number of sulfonamides is 1. The Morgan fingerprint density at radius 2 is 1.89 bits per heavy atom. The lowest BCUT2D eigenvalue weighted by molar-refractivity contribution is 0.0948. The molecule has 1 aromatic carbocycles. The summed E-state index contributed by atoms with van der Waals surface area (Å²) in [7, 11) is -0.356. The zero-order chi connectivity index (χ0) is 25.9. The molecule has 0 radical (unpaired) electrons. The number of fused-ring (bicyclic) bond motifs is 1. The number of nitrogens with zero attached hydrogens (tertiary/aromatic N) is 3. The average molecular weight is 517 g/mol. The Morgan fingerprint density at radius 3 is 2.61 bits per heavy atom. The lowest BCUT2D eigenvalue weighted by Crippen LogP contribution is -2.38. The highest BCUT2D eigenvalue weighted by Gasteiger charge is 2.29. The Labute approximate surface area is 214 Å². The molecule has 9 heteroatoms. The molecule has 1 atom stereocenters. The molecule has 1 aliphatic heterocycles. The lowest BCUT2D eigenvalue weighted by atomic mass is 9.96. The Kier molecular flexibility index (Phi) is 8.52. The van der Waals surface area contributed by atoms with Crippen LogP contribution in [0, 0.1) is 5.92 Å². The number of hydrogen-bond donors (Lipinski definition) is 1. The second-order valence-corrected chi connectivity index (χ2v) is 12.6. The summed E-state index contributed by atoms with van der Waals surface area (Å²) in [4.78, 5) is 28.7. The van der Waals surface area contributed by atoms with Crippen LogP contribution in [-0.4, -0.2) is 67.4 Å². The third-order valence-corrected chi connectivity index (χ3v) is 9.75. The molecule has 2 fully saturated rings. The SMILES string of the molecule is C[C@@H]1CCCN(CCCNC(=O)c2cn(C)c3ccc(S(=O)(=O)N(C)C4CCCCC4)cc3c2=O)C1. The van der Waals surface area contributed by atoms with Gasteiger partial charge in [-0.3, -0.25) is 9.59 Å². The number of aryl methyl sites for hydroxylation is 1. The van der Waals surface area contributed by atoms with Gasteiger partial charge < -0.3 is 14.8 Å². The smallest absolute Gasteiger partial charge is 0.256 e.